The summed E-state index contributed by atoms with van der Waals surface area (Å²) in [6, 6.07) is 23.9. The van der Waals surface area contributed by atoms with Crippen molar-refractivity contribution >= 4 is 57.8 Å². The summed E-state index contributed by atoms with van der Waals surface area (Å²) in [7, 11) is 0. The number of aromatic nitrogens is 2. The minimum atomic E-state index is -0.528. The van der Waals surface area contributed by atoms with Gasteiger partial charge in [0.25, 0.3) is 11.8 Å². The summed E-state index contributed by atoms with van der Waals surface area (Å²) < 4.78 is 7.54. The fraction of sp³-hybridized carbons (Fsp3) is 0.0714. The second-order valence-electron chi connectivity index (χ2n) is 8.11. The molecule has 4 aromatic rings. The van der Waals surface area contributed by atoms with E-state index in [1.165, 1.54) is 0 Å². The molecule has 2 amide bonds. The third-order valence-corrected chi connectivity index (χ3v) is 7.25. The molecule has 0 radical (unpaired) electrons. The number of ether oxygens (including phenoxy) is 1. The highest BCUT2D eigenvalue weighted by atomic mass is 35.5. The molecule has 1 fully saturated rings. The Morgan fingerprint density at radius 2 is 1.79 bits per heavy atom. The van der Waals surface area contributed by atoms with E-state index in [4.69, 9.17) is 33.7 Å². The van der Waals surface area contributed by atoms with Gasteiger partial charge in [-0.05, 0) is 73.7 Å². The van der Waals surface area contributed by atoms with Crippen LogP contribution in [0.15, 0.2) is 90.0 Å². The van der Waals surface area contributed by atoms with E-state index in [9.17, 15) is 9.59 Å². The lowest BCUT2D eigenvalue weighted by molar-refractivity contribution is -0.123. The molecule has 2 heterocycles. The van der Waals surface area contributed by atoms with Crippen molar-refractivity contribution < 1.29 is 14.3 Å². The predicted octanol–water partition coefficient (Wildman–Crippen LogP) is 6.14. The third-order valence-electron chi connectivity index (χ3n) is 5.61. The number of carbonyl (C=O) groups is 2. The van der Waals surface area contributed by atoms with Crippen molar-refractivity contribution in [3.8, 4) is 22.7 Å². The van der Waals surface area contributed by atoms with E-state index in [0.29, 0.717) is 17.2 Å². The number of hydrazine groups is 1. The van der Waals surface area contributed by atoms with Crippen molar-refractivity contribution in [3.63, 3.8) is 0 Å². The largest absolute Gasteiger partial charge is 0.494 e. The van der Waals surface area contributed by atoms with E-state index in [1.807, 2.05) is 67.7 Å². The van der Waals surface area contributed by atoms with Gasteiger partial charge < -0.3 is 4.74 Å². The summed E-state index contributed by atoms with van der Waals surface area (Å²) in [5.41, 5.74) is 5.95. The molecule has 3 aromatic carbocycles. The fourth-order valence-corrected chi connectivity index (χ4v) is 5.21. The summed E-state index contributed by atoms with van der Waals surface area (Å²) in [5, 5.41) is 6.15. The summed E-state index contributed by atoms with van der Waals surface area (Å²) in [6.45, 7) is 2.50. The van der Waals surface area contributed by atoms with Crippen LogP contribution in [0.2, 0.25) is 5.02 Å². The highest BCUT2D eigenvalue weighted by Gasteiger charge is 2.34. The van der Waals surface area contributed by atoms with Crippen LogP contribution in [-0.4, -0.2) is 37.5 Å². The van der Waals surface area contributed by atoms with Crippen LogP contribution >= 0.6 is 35.6 Å². The van der Waals surface area contributed by atoms with Gasteiger partial charge in [0.05, 0.1) is 33.5 Å². The Hall–Kier alpha value is -3.92. The Bertz CT molecular complexity index is 1550. The van der Waals surface area contributed by atoms with Crippen LogP contribution < -0.4 is 10.2 Å². The highest BCUT2D eigenvalue weighted by molar-refractivity contribution is 8.26. The lowest BCUT2D eigenvalue weighted by atomic mass is 10.1. The highest BCUT2D eigenvalue weighted by Crippen LogP contribution is 2.34. The standard InChI is InChI=1S/C28H21ClN4O3S2/c1-2-36-21-14-12-18(13-15-21)25-19(17-32(30-25)20-8-4-3-5-9-20)16-24-27(35)33(28(37)38-24)31-26(34)22-10-6-7-11-23(22)29/h3-17H,2H2,1H3,(H,31,34)/b24-16+. The van der Waals surface area contributed by atoms with E-state index >= 15 is 0 Å². The molecule has 1 aromatic heterocycles. The number of para-hydroxylation sites is 1. The predicted molar refractivity (Wildman–Crippen MR) is 154 cm³/mol. The molecule has 0 atom stereocenters. The number of thiocarbonyl (C=S) groups is 1. The number of hydrogen-bond donors (Lipinski definition) is 1. The monoisotopic (exact) mass is 560 g/mol. The normalized spacial score (nSPS) is 14.3. The maximum absolute atomic E-state index is 13.3. The lowest BCUT2D eigenvalue weighted by Crippen LogP contribution is -2.44. The van der Waals surface area contributed by atoms with Gasteiger partial charge in [0.2, 0.25) is 0 Å². The molecule has 0 unspecified atom stereocenters. The average molecular weight is 561 g/mol. The fourth-order valence-electron chi connectivity index (χ4n) is 3.82. The Balaban J connectivity index is 1.48. The van der Waals surface area contributed by atoms with Gasteiger partial charge >= 0.3 is 0 Å². The molecule has 5 rings (SSSR count). The first-order valence-corrected chi connectivity index (χ1v) is 13.3. The molecular weight excluding hydrogens is 540 g/mol. The van der Waals surface area contributed by atoms with Crippen molar-refractivity contribution in [2.24, 2.45) is 0 Å². The van der Waals surface area contributed by atoms with Gasteiger partial charge in [0, 0.05) is 17.3 Å². The topological polar surface area (TPSA) is 76.5 Å². The molecule has 0 aliphatic carbocycles. The number of carbonyl (C=O) groups excluding carboxylic acids is 2. The number of benzene rings is 3. The van der Waals surface area contributed by atoms with E-state index in [-0.39, 0.29) is 14.9 Å². The van der Waals surface area contributed by atoms with Crippen molar-refractivity contribution in [1.29, 1.82) is 0 Å². The number of nitrogens with one attached hydrogen (secondary N) is 1. The minimum Gasteiger partial charge on any atom is -0.494 e. The van der Waals surface area contributed by atoms with Crippen LogP contribution in [-0.2, 0) is 4.79 Å². The summed E-state index contributed by atoms with van der Waals surface area (Å²) >= 11 is 12.6. The maximum atomic E-state index is 13.3. The first-order valence-electron chi connectivity index (χ1n) is 11.7. The molecule has 1 N–H and O–H groups in total. The van der Waals surface area contributed by atoms with Crippen molar-refractivity contribution in [2.45, 2.75) is 6.92 Å². The summed E-state index contributed by atoms with van der Waals surface area (Å²) in [5.74, 6) is -0.207. The number of hydrogen-bond acceptors (Lipinski definition) is 6. The molecule has 0 bridgehead atoms. The number of halogens is 1. The van der Waals surface area contributed by atoms with E-state index in [1.54, 1.807) is 35.0 Å². The van der Waals surface area contributed by atoms with Gasteiger partial charge in [-0.1, -0.05) is 53.7 Å². The Morgan fingerprint density at radius 3 is 2.50 bits per heavy atom. The van der Waals surface area contributed by atoms with Crippen molar-refractivity contribution in [1.82, 2.24) is 20.2 Å². The maximum Gasteiger partial charge on any atom is 0.285 e. The Labute approximate surface area is 234 Å². The SMILES string of the molecule is CCOc1ccc(-c2nn(-c3ccccc3)cc2/C=C2/SC(=S)N(NC(=O)c3ccccc3Cl)C2=O)cc1. The van der Waals surface area contributed by atoms with E-state index in [0.717, 1.165) is 39.3 Å². The van der Waals surface area contributed by atoms with Gasteiger partial charge in [-0.15, -0.1) is 0 Å². The quantitative estimate of drug-likeness (QED) is 0.216. The summed E-state index contributed by atoms with van der Waals surface area (Å²) in [4.78, 5) is 26.4. The minimum absolute atomic E-state index is 0.208. The van der Waals surface area contributed by atoms with Crippen LogP contribution in [0.5, 0.6) is 5.75 Å². The molecule has 1 aliphatic heterocycles. The first-order chi connectivity index (χ1) is 18.4. The summed E-state index contributed by atoms with van der Waals surface area (Å²) in [6.07, 6.45) is 3.59. The van der Waals surface area contributed by atoms with Gasteiger partial charge in [-0.2, -0.15) is 10.1 Å². The van der Waals surface area contributed by atoms with Gasteiger partial charge in [0.15, 0.2) is 4.32 Å². The van der Waals surface area contributed by atoms with E-state index < -0.39 is 11.8 Å². The average Bonchev–Trinajstić information content (AvgIpc) is 3.46. The molecule has 10 heteroatoms. The van der Waals surface area contributed by atoms with Crippen LogP contribution in [0, 0.1) is 0 Å². The van der Waals surface area contributed by atoms with Gasteiger partial charge in [-0.3, -0.25) is 15.0 Å². The van der Waals surface area contributed by atoms with Gasteiger partial charge in [0.1, 0.15) is 5.75 Å². The smallest absolute Gasteiger partial charge is 0.285 e. The van der Waals surface area contributed by atoms with Crippen LogP contribution in [0.3, 0.4) is 0 Å². The zero-order chi connectivity index (χ0) is 26.6. The zero-order valence-electron chi connectivity index (χ0n) is 20.1. The Kier molecular flexibility index (Phi) is 7.59. The van der Waals surface area contributed by atoms with Gasteiger partial charge in [-0.25, -0.2) is 4.68 Å². The molecule has 38 heavy (non-hydrogen) atoms. The van der Waals surface area contributed by atoms with Crippen LogP contribution in [0.4, 0.5) is 0 Å². The number of thioether (sulfide) groups is 1. The molecule has 0 spiro atoms. The number of nitrogens with zero attached hydrogens (tertiary/aromatic N) is 3. The molecule has 7 nitrogen and oxygen atoms in total. The molecule has 0 saturated carbocycles. The Morgan fingerprint density at radius 1 is 1.08 bits per heavy atom. The van der Waals surface area contributed by atoms with Crippen LogP contribution in [0.25, 0.3) is 23.0 Å². The molecule has 190 valence electrons. The van der Waals surface area contributed by atoms with E-state index in [2.05, 4.69) is 5.43 Å². The second kappa shape index (κ2) is 11.2. The third kappa shape index (κ3) is 5.35. The number of rotatable bonds is 7. The molecular formula is C28H21ClN4O3S2. The molecule has 1 aliphatic rings. The number of amides is 2. The lowest BCUT2D eigenvalue weighted by Gasteiger charge is -2.16. The second-order valence-corrected chi connectivity index (χ2v) is 10.2. The van der Waals surface area contributed by atoms with Crippen molar-refractivity contribution in [3.05, 3.63) is 106 Å². The van der Waals surface area contributed by atoms with Crippen LogP contribution in [0.1, 0.15) is 22.8 Å². The molecule has 1 saturated heterocycles. The van der Waals surface area contributed by atoms with Crippen molar-refractivity contribution in [2.75, 3.05) is 6.61 Å². The zero-order valence-corrected chi connectivity index (χ0v) is 22.5. The first kappa shape index (κ1) is 25.7.